The first-order chi connectivity index (χ1) is 11.1. The van der Waals surface area contributed by atoms with Gasteiger partial charge in [-0.1, -0.05) is 30.3 Å². The summed E-state index contributed by atoms with van der Waals surface area (Å²) >= 11 is 1.36. The number of hydrogen-bond acceptors (Lipinski definition) is 5. The van der Waals surface area contributed by atoms with Gasteiger partial charge in [0.1, 0.15) is 5.03 Å². The van der Waals surface area contributed by atoms with Gasteiger partial charge in [-0.15, -0.1) is 11.8 Å². The maximum atomic E-state index is 12.1. The molecule has 1 aromatic carbocycles. The molecular weight excluding hydrogens is 312 g/mol. The summed E-state index contributed by atoms with van der Waals surface area (Å²) in [5.74, 6) is -0.791. The number of rotatable bonds is 6. The normalized spacial score (nSPS) is 10.2. The monoisotopic (exact) mass is 330 g/mol. The molecule has 23 heavy (non-hydrogen) atoms. The first kappa shape index (κ1) is 17.0. The number of esters is 1. The molecule has 0 aliphatic rings. The molecule has 0 N–H and O–H groups in total. The Bertz CT molecular complexity index is 677. The maximum absolute atomic E-state index is 12.1. The lowest BCUT2D eigenvalue weighted by molar-refractivity contribution is -0.133. The van der Waals surface area contributed by atoms with E-state index in [1.807, 2.05) is 36.6 Å². The third kappa shape index (κ3) is 4.82. The molecule has 0 spiro atoms. The fraction of sp³-hybridized carbons (Fsp3) is 0.235. The number of ether oxygens (including phenoxy) is 1. The summed E-state index contributed by atoms with van der Waals surface area (Å²) in [7, 11) is 1.68. The number of aromatic nitrogens is 1. The fourth-order valence-electron chi connectivity index (χ4n) is 1.97. The zero-order chi connectivity index (χ0) is 16.7. The number of amides is 1. The van der Waals surface area contributed by atoms with E-state index in [1.165, 1.54) is 16.7 Å². The number of carbonyl (C=O) groups is 2. The Hall–Kier alpha value is -2.34. The highest BCUT2D eigenvalue weighted by molar-refractivity contribution is 7.98. The molecule has 1 heterocycles. The van der Waals surface area contributed by atoms with E-state index in [0.717, 1.165) is 5.56 Å². The van der Waals surface area contributed by atoms with Crippen molar-refractivity contribution in [1.82, 2.24) is 9.88 Å². The number of carbonyl (C=O) groups excluding carboxylic acids is 2. The van der Waals surface area contributed by atoms with Crippen molar-refractivity contribution in [3.8, 4) is 0 Å². The van der Waals surface area contributed by atoms with Gasteiger partial charge in [0.15, 0.2) is 6.61 Å². The average molecular weight is 330 g/mol. The minimum absolute atomic E-state index is 0.253. The van der Waals surface area contributed by atoms with Crippen LogP contribution in [0, 0.1) is 0 Å². The van der Waals surface area contributed by atoms with Gasteiger partial charge in [-0.05, 0) is 24.0 Å². The molecule has 0 radical (unpaired) electrons. The molecule has 0 aliphatic heterocycles. The topological polar surface area (TPSA) is 59.5 Å². The molecule has 6 heteroatoms. The summed E-state index contributed by atoms with van der Waals surface area (Å²) in [5, 5.41) is 0.586. The summed E-state index contributed by atoms with van der Waals surface area (Å²) in [6, 6.07) is 12.9. The van der Waals surface area contributed by atoms with Gasteiger partial charge in [0, 0.05) is 19.8 Å². The van der Waals surface area contributed by atoms with Gasteiger partial charge in [-0.3, -0.25) is 4.79 Å². The molecular formula is C17H18N2O3S. The molecule has 0 bridgehead atoms. The van der Waals surface area contributed by atoms with E-state index >= 15 is 0 Å². The molecule has 0 atom stereocenters. The summed E-state index contributed by atoms with van der Waals surface area (Å²) < 4.78 is 5.11. The molecule has 2 rings (SSSR count). The highest BCUT2D eigenvalue weighted by atomic mass is 32.2. The van der Waals surface area contributed by atoms with E-state index in [1.54, 1.807) is 25.4 Å². The van der Waals surface area contributed by atoms with Crippen LogP contribution in [0.25, 0.3) is 0 Å². The van der Waals surface area contributed by atoms with E-state index in [2.05, 4.69) is 4.98 Å². The van der Waals surface area contributed by atoms with Crippen LogP contribution < -0.4 is 0 Å². The third-order valence-electron chi connectivity index (χ3n) is 3.20. The second kappa shape index (κ2) is 8.33. The lowest BCUT2D eigenvalue weighted by Gasteiger charge is -2.17. The van der Waals surface area contributed by atoms with E-state index in [9.17, 15) is 9.59 Å². The van der Waals surface area contributed by atoms with Crippen LogP contribution in [0.3, 0.4) is 0 Å². The van der Waals surface area contributed by atoms with Gasteiger partial charge < -0.3 is 9.64 Å². The number of thioether (sulfide) groups is 1. The Labute approximate surface area is 139 Å². The van der Waals surface area contributed by atoms with E-state index in [4.69, 9.17) is 4.74 Å². The van der Waals surface area contributed by atoms with Crippen LogP contribution in [0.15, 0.2) is 53.7 Å². The lowest BCUT2D eigenvalue weighted by atomic mass is 10.2. The zero-order valence-corrected chi connectivity index (χ0v) is 13.9. The van der Waals surface area contributed by atoms with Crippen molar-refractivity contribution in [2.75, 3.05) is 19.9 Å². The Balaban J connectivity index is 1.89. The van der Waals surface area contributed by atoms with Crippen LogP contribution in [0.1, 0.15) is 15.9 Å². The number of likely N-dealkylation sites (N-methyl/N-ethyl adjacent to an activating group) is 1. The van der Waals surface area contributed by atoms with Crippen molar-refractivity contribution >= 4 is 23.6 Å². The zero-order valence-electron chi connectivity index (χ0n) is 13.1. The summed E-state index contributed by atoms with van der Waals surface area (Å²) in [4.78, 5) is 29.8. The lowest BCUT2D eigenvalue weighted by Crippen LogP contribution is -2.30. The SMILES string of the molecule is CSc1ncccc1C(=O)OCC(=O)N(C)Cc1ccccc1. The minimum atomic E-state index is -0.538. The van der Waals surface area contributed by atoms with Gasteiger partial charge in [-0.25, -0.2) is 9.78 Å². The standard InChI is InChI=1S/C17H18N2O3S/c1-19(11-13-7-4-3-5-8-13)15(20)12-22-17(21)14-9-6-10-18-16(14)23-2/h3-10H,11-12H2,1-2H3. The van der Waals surface area contributed by atoms with Crippen LogP contribution in [0.2, 0.25) is 0 Å². The molecule has 0 aliphatic carbocycles. The van der Waals surface area contributed by atoms with Crippen molar-refractivity contribution in [2.24, 2.45) is 0 Å². The predicted octanol–water partition coefficient (Wildman–Crippen LogP) is 2.62. The van der Waals surface area contributed by atoms with Crippen molar-refractivity contribution in [3.05, 3.63) is 59.8 Å². The molecule has 0 unspecified atom stereocenters. The highest BCUT2D eigenvalue weighted by Gasteiger charge is 2.16. The Morgan fingerprint density at radius 2 is 1.91 bits per heavy atom. The molecule has 5 nitrogen and oxygen atoms in total. The van der Waals surface area contributed by atoms with Crippen LogP contribution in [0.4, 0.5) is 0 Å². The molecule has 120 valence electrons. The van der Waals surface area contributed by atoms with Gasteiger partial charge >= 0.3 is 5.97 Å². The van der Waals surface area contributed by atoms with Gasteiger partial charge in [0.25, 0.3) is 5.91 Å². The van der Waals surface area contributed by atoms with Crippen molar-refractivity contribution in [2.45, 2.75) is 11.6 Å². The second-order valence-corrected chi connectivity index (χ2v) is 5.67. The molecule has 1 aromatic heterocycles. The first-order valence-electron chi connectivity index (χ1n) is 7.06. The number of hydrogen-bond donors (Lipinski definition) is 0. The number of pyridine rings is 1. The van der Waals surface area contributed by atoms with Crippen LogP contribution >= 0.6 is 11.8 Å². The van der Waals surface area contributed by atoms with Crippen LogP contribution in [-0.2, 0) is 16.1 Å². The largest absolute Gasteiger partial charge is 0.452 e. The quantitative estimate of drug-likeness (QED) is 0.602. The van der Waals surface area contributed by atoms with Crippen LogP contribution in [-0.4, -0.2) is 41.7 Å². The van der Waals surface area contributed by atoms with E-state index in [0.29, 0.717) is 17.1 Å². The van der Waals surface area contributed by atoms with Gasteiger partial charge in [0.2, 0.25) is 0 Å². The van der Waals surface area contributed by atoms with E-state index in [-0.39, 0.29) is 12.5 Å². The number of nitrogens with zero attached hydrogens (tertiary/aromatic N) is 2. The molecule has 1 amide bonds. The maximum Gasteiger partial charge on any atom is 0.341 e. The summed E-state index contributed by atoms with van der Waals surface area (Å²) in [6.07, 6.45) is 3.44. The van der Waals surface area contributed by atoms with Crippen molar-refractivity contribution in [1.29, 1.82) is 0 Å². The second-order valence-electron chi connectivity index (χ2n) is 4.87. The molecule has 0 saturated carbocycles. The van der Waals surface area contributed by atoms with Crippen molar-refractivity contribution < 1.29 is 14.3 Å². The van der Waals surface area contributed by atoms with Crippen LogP contribution in [0.5, 0.6) is 0 Å². The molecule has 0 saturated heterocycles. The fourth-order valence-corrected chi connectivity index (χ4v) is 2.51. The van der Waals surface area contributed by atoms with E-state index < -0.39 is 5.97 Å². The predicted molar refractivity (Wildman–Crippen MR) is 89.2 cm³/mol. The molecule has 2 aromatic rings. The van der Waals surface area contributed by atoms with Gasteiger partial charge in [-0.2, -0.15) is 0 Å². The van der Waals surface area contributed by atoms with Crippen molar-refractivity contribution in [3.63, 3.8) is 0 Å². The number of benzene rings is 1. The first-order valence-corrected chi connectivity index (χ1v) is 8.28. The summed E-state index contributed by atoms with van der Waals surface area (Å²) in [6.45, 7) is 0.186. The van der Waals surface area contributed by atoms with Gasteiger partial charge in [0.05, 0.1) is 5.56 Å². The summed E-state index contributed by atoms with van der Waals surface area (Å²) in [5.41, 5.74) is 1.39. The highest BCUT2D eigenvalue weighted by Crippen LogP contribution is 2.17. The third-order valence-corrected chi connectivity index (χ3v) is 3.91. The smallest absolute Gasteiger partial charge is 0.341 e. The average Bonchev–Trinajstić information content (AvgIpc) is 2.60. The Kier molecular flexibility index (Phi) is 6.17. The molecule has 0 fully saturated rings. The Morgan fingerprint density at radius 3 is 2.61 bits per heavy atom. The minimum Gasteiger partial charge on any atom is -0.452 e. The Morgan fingerprint density at radius 1 is 1.17 bits per heavy atom.